The van der Waals surface area contributed by atoms with Gasteiger partial charge in [-0.1, -0.05) is 48.6 Å². The van der Waals surface area contributed by atoms with Gasteiger partial charge in [-0.2, -0.15) is 0 Å². The van der Waals surface area contributed by atoms with E-state index >= 15 is 0 Å². The summed E-state index contributed by atoms with van der Waals surface area (Å²) in [4.78, 5) is 23.2. The first kappa shape index (κ1) is 14.7. The molecule has 4 nitrogen and oxygen atoms in total. The molecule has 1 atom stereocenters. The second kappa shape index (κ2) is 6.54. The van der Waals surface area contributed by atoms with Gasteiger partial charge < -0.3 is 10.4 Å². The zero-order chi connectivity index (χ0) is 14.3. The largest absolute Gasteiger partial charge is 0.479 e. The number of hydrogen-bond donors (Lipinski definition) is 2. The number of allylic oxidation sites excluding steroid dienone is 3. The normalized spacial score (nSPS) is 14.4. The van der Waals surface area contributed by atoms with Crippen molar-refractivity contribution in [3.63, 3.8) is 0 Å². The van der Waals surface area contributed by atoms with Gasteiger partial charge in [-0.15, -0.1) is 0 Å². The Morgan fingerprint density at radius 3 is 2.37 bits per heavy atom. The molecule has 0 aliphatic heterocycles. The molecule has 1 aromatic carbocycles. The minimum atomic E-state index is -1.45. The van der Waals surface area contributed by atoms with Crippen molar-refractivity contribution < 1.29 is 14.7 Å². The molecule has 0 aromatic heterocycles. The molecule has 2 N–H and O–H groups in total. The van der Waals surface area contributed by atoms with Crippen LogP contribution in [0.5, 0.6) is 0 Å². The highest BCUT2D eigenvalue weighted by Gasteiger charge is 2.36. The SMILES string of the molecule is CC=CC=CC(=O)NC(C)(C(=O)O)c1ccccc1. The van der Waals surface area contributed by atoms with E-state index in [-0.39, 0.29) is 0 Å². The van der Waals surface area contributed by atoms with Crippen LogP contribution >= 0.6 is 0 Å². The second-order valence-corrected chi connectivity index (χ2v) is 4.17. The van der Waals surface area contributed by atoms with Gasteiger partial charge in [0.15, 0.2) is 5.54 Å². The van der Waals surface area contributed by atoms with Crippen LogP contribution in [0.1, 0.15) is 19.4 Å². The molecule has 0 bridgehead atoms. The van der Waals surface area contributed by atoms with E-state index in [1.165, 1.54) is 13.0 Å². The Bertz CT molecular complexity index is 505. The fourth-order valence-electron chi connectivity index (χ4n) is 1.56. The number of nitrogens with one attached hydrogen (secondary N) is 1. The van der Waals surface area contributed by atoms with Crippen molar-refractivity contribution in [3.8, 4) is 0 Å². The van der Waals surface area contributed by atoms with E-state index in [9.17, 15) is 14.7 Å². The molecule has 1 amide bonds. The number of rotatable bonds is 5. The van der Waals surface area contributed by atoms with Crippen LogP contribution in [0.3, 0.4) is 0 Å². The van der Waals surface area contributed by atoms with Gasteiger partial charge in [0.2, 0.25) is 5.91 Å². The Morgan fingerprint density at radius 2 is 1.84 bits per heavy atom. The fraction of sp³-hybridized carbons (Fsp3) is 0.200. The molecule has 19 heavy (non-hydrogen) atoms. The lowest BCUT2D eigenvalue weighted by Crippen LogP contribution is -2.49. The first-order valence-corrected chi connectivity index (χ1v) is 5.91. The third-order valence-corrected chi connectivity index (χ3v) is 2.70. The van der Waals surface area contributed by atoms with Crippen LogP contribution < -0.4 is 5.32 Å². The highest BCUT2D eigenvalue weighted by atomic mass is 16.4. The number of carboxylic acids is 1. The molecule has 0 heterocycles. The molecule has 0 aliphatic carbocycles. The average Bonchev–Trinajstić information content (AvgIpc) is 2.39. The zero-order valence-corrected chi connectivity index (χ0v) is 11.0. The van der Waals surface area contributed by atoms with E-state index in [0.29, 0.717) is 5.56 Å². The molecule has 1 aromatic rings. The van der Waals surface area contributed by atoms with Gasteiger partial charge in [-0.3, -0.25) is 4.79 Å². The number of benzene rings is 1. The summed E-state index contributed by atoms with van der Waals surface area (Å²) in [7, 11) is 0. The van der Waals surface area contributed by atoms with Gasteiger partial charge in [-0.25, -0.2) is 4.79 Å². The maximum Gasteiger partial charge on any atom is 0.333 e. The first-order valence-electron chi connectivity index (χ1n) is 5.91. The fourth-order valence-corrected chi connectivity index (χ4v) is 1.56. The van der Waals surface area contributed by atoms with Crippen molar-refractivity contribution >= 4 is 11.9 Å². The van der Waals surface area contributed by atoms with Crippen LogP contribution in [-0.2, 0) is 15.1 Å². The molecule has 4 heteroatoms. The number of aliphatic carboxylic acids is 1. The van der Waals surface area contributed by atoms with Crippen molar-refractivity contribution in [3.05, 3.63) is 60.2 Å². The Balaban J connectivity index is 2.96. The Morgan fingerprint density at radius 1 is 1.21 bits per heavy atom. The van der Waals surface area contributed by atoms with Gasteiger partial charge in [-0.05, 0) is 19.4 Å². The minimum absolute atomic E-state index is 0.452. The number of carbonyl (C=O) groups excluding carboxylic acids is 1. The van der Waals surface area contributed by atoms with Crippen LogP contribution in [0.15, 0.2) is 54.6 Å². The van der Waals surface area contributed by atoms with Gasteiger partial charge in [0.05, 0.1) is 0 Å². The molecule has 0 radical (unpaired) electrons. The van der Waals surface area contributed by atoms with Crippen molar-refractivity contribution in [1.82, 2.24) is 5.32 Å². The van der Waals surface area contributed by atoms with E-state index in [4.69, 9.17) is 0 Å². The molecule has 0 fully saturated rings. The predicted molar refractivity (Wildman–Crippen MR) is 73.5 cm³/mol. The first-order chi connectivity index (χ1) is 9.00. The summed E-state index contributed by atoms with van der Waals surface area (Å²) in [6, 6.07) is 8.60. The van der Waals surface area contributed by atoms with Crippen LogP contribution in [0.4, 0.5) is 0 Å². The Labute approximate surface area is 112 Å². The third kappa shape index (κ3) is 3.81. The standard InChI is InChI=1S/C15H17NO3/c1-3-4-6-11-13(17)16-15(2,14(18)19)12-9-7-5-8-10-12/h3-11H,1-2H3,(H,16,17)(H,18,19). The van der Waals surface area contributed by atoms with Crippen LogP contribution in [0.25, 0.3) is 0 Å². The molecule has 0 saturated heterocycles. The maximum atomic E-state index is 11.7. The van der Waals surface area contributed by atoms with Gasteiger partial charge >= 0.3 is 5.97 Å². The number of carbonyl (C=O) groups is 2. The van der Waals surface area contributed by atoms with E-state index in [1.54, 1.807) is 48.6 Å². The van der Waals surface area contributed by atoms with E-state index in [2.05, 4.69) is 5.32 Å². The molecule has 100 valence electrons. The monoisotopic (exact) mass is 259 g/mol. The average molecular weight is 259 g/mol. The Hall–Kier alpha value is -2.36. The zero-order valence-electron chi connectivity index (χ0n) is 11.0. The van der Waals surface area contributed by atoms with Crippen LogP contribution in [0.2, 0.25) is 0 Å². The van der Waals surface area contributed by atoms with Gasteiger partial charge in [0.1, 0.15) is 0 Å². The molecular weight excluding hydrogens is 242 g/mol. The van der Waals surface area contributed by atoms with Gasteiger partial charge in [0.25, 0.3) is 0 Å². The number of carboxylic acid groups (broad SMARTS) is 1. The molecule has 1 rings (SSSR count). The molecular formula is C15H17NO3. The third-order valence-electron chi connectivity index (χ3n) is 2.70. The van der Waals surface area contributed by atoms with E-state index in [1.807, 2.05) is 6.92 Å². The maximum absolute atomic E-state index is 11.7. The quantitative estimate of drug-likeness (QED) is 0.629. The van der Waals surface area contributed by atoms with Gasteiger partial charge in [0, 0.05) is 6.08 Å². The van der Waals surface area contributed by atoms with Crippen molar-refractivity contribution in [2.24, 2.45) is 0 Å². The summed E-state index contributed by atoms with van der Waals surface area (Å²) in [5.74, 6) is -1.56. The Kier molecular flexibility index (Phi) is 5.06. The van der Waals surface area contributed by atoms with E-state index in [0.717, 1.165) is 0 Å². The molecule has 0 spiro atoms. The number of hydrogen-bond acceptors (Lipinski definition) is 2. The van der Waals surface area contributed by atoms with Crippen molar-refractivity contribution in [1.29, 1.82) is 0 Å². The lowest BCUT2D eigenvalue weighted by atomic mass is 9.92. The second-order valence-electron chi connectivity index (χ2n) is 4.17. The molecule has 0 aliphatic rings. The summed E-state index contributed by atoms with van der Waals surface area (Å²) in [6.07, 6.45) is 6.32. The van der Waals surface area contributed by atoms with E-state index < -0.39 is 17.4 Å². The lowest BCUT2D eigenvalue weighted by Gasteiger charge is -2.26. The lowest BCUT2D eigenvalue weighted by molar-refractivity contribution is -0.146. The smallest absolute Gasteiger partial charge is 0.333 e. The van der Waals surface area contributed by atoms with Crippen LogP contribution in [0, 0.1) is 0 Å². The summed E-state index contributed by atoms with van der Waals surface area (Å²) in [5.41, 5.74) is -0.922. The predicted octanol–water partition coefficient (Wildman–Crippen LogP) is 2.23. The molecule has 1 unspecified atom stereocenters. The van der Waals surface area contributed by atoms with Crippen molar-refractivity contribution in [2.75, 3.05) is 0 Å². The summed E-state index contributed by atoms with van der Waals surface area (Å²) in [6.45, 7) is 3.29. The topological polar surface area (TPSA) is 66.4 Å². The highest BCUT2D eigenvalue weighted by Crippen LogP contribution is 2.20. The number of amides is 1. The summed E-state index contributed by atoms with van der Waals surface area (Å²) < 4.78 is 0. The summed E-state index contributed by atoms with van der Waals surface area (Å²) in [5, 5.41) is 11.9. The molecule has 0 saturated carbocycles. The minimum Gasteiger partial charge on any atom is -0.479 e. The van der Waals surface area contributed by atoms with Crippen molar-refractivity contribution in [2.45, 2.75) is 19.4 Å². The van der Waals surface area contributed by atoms with Crippen LogP contribution in [-0.4, -0.2) is 17.0 Å². The highest BCUT2D eigenvalue weighted by molar-refractivity contribution is 5.93. The summed E-state index contributed by atoms with van der Waals surface area (Å²) >= 11 is 0.